The van der Waals surface area contributed by atoms with Crippen molar-refractivity contribution < 1.29 is 24.2 Å². The van der Waals surface area contributed by atoms with E-state index in [2.05, 4.69) is 0 Å². The van der Waals surface area contributed by atoms with Crippen molar-refractivity contribution in [1.82, 2.24) is 4.90 Å². The zero-order valence-corrected chi connectivity index (χ0v) is 11.6. The predicted octanol–water partition coefficient (Wildman–Crippen LogP) is 1.29. The molecule has 0 bridgehead atoms. The quantitative estimate of drug-likeness (QED) is 0.880. The number of likely N-dealkylation sites (tertiary alicyclic amines) is 1. The van der Waals surface area contributed by atoms with Crippen LogP contribution in [-0.4, -0.2) is 52.3 Å². The van der Waals surface area contributed by atoms with Crippen LogP contribution in [0.4, 0.5) is 14.9 Å². The Morgan fingerprint density at radius 2 is 2.00 bits per heavy atom. The molecule has 2 rings (SSSR count). The molecule has 0 aromatic heterocycles. The van der Waals surface area contributed by atoms with Crippen molar-refractivity contribution in [2.75, 3.05) is 18.0 Å². The smallest absolute Gasteiger partial charge is 0.326 e. The Morgan fingerprint density at radius 3 is 2.52 bits per heavy atom. The second kappa shape index (κ2) is 6.09. The van der Waals surface area contributed by atoms with Crippen LogP contribution in [0.3, 0.4) is 0 Å². The minimum absolute atomic E-state index is 0.0159. The van der Waals surface area contributed by atoms with Crippen molar-refractivity contribution in [3.8, 4) is 0 Å². The molecule has 6 nitrogen and oxygen atoms in total. The van der Waals surface area contributed by atoms with Crippen molar-refractivity contribution in [2.24, 2.45) is 0 Å². The highest BCUT2D eigenvalue weighted by atomic mass is 19.1. The lowest BCUT2D eigenvalue weighted by atomic mass is 10.2. The summed E-state index contributed by atoms with van der Waals surface area (Å²) in [4.78, 5) is 26.2. The molecule has 1 aromatic carbocycles. The summed E-state index contributed by atoms with van der Waals surface area (Å²) in [6.45, 7) is 2.03. The molecule has 0 unspecified atom stereocenters. The van der Waals surface area contributed by atoms with E-state index in [1.807, 2.05) is 0 Å². The molecule has 0 spiro atoms. The van der Waals surface area contributed by atoms with Crippen LogP contribution in [0.15, 0.2) is 24.3 Å². The standard InChI is InChI=1S/C14H17FN2O4/c1-2-16(10-5-3-9(15)4-6-10)14(21)17-8-11(18)7-12(17)13(19)20/h3-6,11-12,18H,2,7-8H2,1H3,(H,19,20)/t11-,12+/m1/s1. The number of amides is 2. The molecule has 21 heavy (non-hydrogen) atoms. The Bertz CT molecular complexity index is 534. The highest BCUT2D eigenvalue weighted by Crippen LogP contribution is 2.23. The van der Waals surface area contributed by atoms with Crippen LogP contribution in [0.1, 0.15) is 13.3 Å². The summed E-state index contributed by atoms with van der Waals surface area (Å²) in [5.74, 6) is -1.56. The number of urea groups is 1. The topological polar surface area (TPSA) is 81.1 Å². The van der Waals surface area contributed by atoms with Gasteiger partial charge in [-0.25, -0.2) is 14.0 Å². The number of carbonyl (C=O) groups is 2. The van der Waals surface area contributed by atoms with Gasteiger partial charge in [-0.15, -0.1) is 0 Å². The first-order valence-corrected chi connectivity index (χ1v) is 6.68. The number of anilines is 1. The first-order valence-electron chi connectivity index (χ1n) is 6.68. The molecule has 7 heteroatoms. The number of rotatable bonds is 3. The summed E-state index contributed by atoms with van der Waals surface area (Å²) in [6, 6.07) is 3.84. The lowest BCUT2D eigenvalue weighted by Crippen LogP contribution is -2.48. The fourth-order valence-corrected chi connectivity index (χ4v) is 2.46. The second-order valence-corrected chi connectivity index (χ2v) is 4.90. The summed E-state index contributed by atoms with van der Waals surface area (Å²) in [6.07, 6.45) is -0.829. The van der Waals surface area contributed by atoms with Gasteiger partial charge in [-0.1, -0.05) is 0 Å². The molecule has 2 N–H and O–H groups in total. The van der Waals surface area contributed by atoms with E-state index in [9.17, 15) is 19.1 Å². The number of halogens is 1. The molecule has 1 aliphatic rings. The van der Waals surface area contributed by atoms with E-state index >= 15 is 0 Å². The average Bonchev–Trinajstić information content (AvgIpc) is 2.84. The van der Waals surface area contributed by atoms with Crippen LogP contribution in [0.25, 0.3) is 0 Å². The molecular weight excluding hydrogens is 279 g/mol. The van der Waals surface area contributed by atoms with Crippen LogP contribution >= 0.6 is 0 Å². The largest absolute Gasteiger partial charge is 0.480 e. The molecule has 2 atom stereocenters. The van der Waals surface area contributed by atoms with E-state index in [4.69, 9.17) is 5.11 Å². The molecule has 1 aliphatic heterocycles. The number of aliphatic hydroxyl groups excluding tert-OH is 1. The Labute approximate surface area is 121 Å². The maximum absolute atomic E-state index is 13.0. The van der Waals surface area contributed by atoms with Gasteiger partial charge in [0.15, 0.2) is 0 Å². The maximum Gasteiger partial charge on any atom is 0.326 e. The van der Waals surface area contributed by atoms with Gasteiger partial charge in [-0.2, -0.15) is 0 Å². The molecule has 0 saturated carbocycles. The molecule has 1 fully saturated rings. The van der Waals surface area contributed by atoms with E-state index in [-0.39, 0.29) is 13.0 Å². The number of β-amino-alcohol motifs (C(OH)–C–C–N with tert-alkyl or cyclic N) is 1. The Balaban J connectivity index is 2.23. The normalized spacial score (nSPS) is 21.4. The molecule has 2 amide bonds. The van der Waals surface area contributed by atoms with Gasteiger partial charge in [0.2, 0.25) is 0 Å². The number of carboxylic acids is 1. The number of aliphatic carboxylic acids is 1. The Kier molecular flexibility index (Phi) is 4.42. The van der Waals surface area contributed by atoms with E-state index in [1.54, 1.807) is 6.92 Å². The van der Waals surface area contributed by atoms with Crippen molar-refractivity contribution in [2.45, 2.75) is 25.5 Å². The summed E-state index contributed by atoms with van der Waals surface area (Å²) in [5, 5.41) is 18.7. The average molecular weight is 296 g/mol. The van der Waals surface area contributed by atoms with Gasteiger partial charge in [0.1, 0.15) is 11.9 Å². The highest BCUT2D eigenvalue weighted by Gasteiger charge is 2.40. The van der Waals surface area contributed by atoms with Crippen molar-refractivity contribution in [3.63, 3.8) is 0 Å². The molecule has 0 radical (unpaired) electrons. The van der Waals surface area contributed by atoms with Gasteiger partial charge in [0, 0.05) is 25.2 Å². The third kappa shape index (κ3) is 3.13. The fourth-order valence-electron chi connectivity index (χ4n) is 2.46. The van der Waals surface area contributed by atoms with E-state index in [0.29, 0.717) is 12.2 Å². The van der Waals surface area contributed by atoms with Crippen LogP contribution in [0.5, 0.6) is 0 Å². The number of nitrogens with zero attached hydrogens (tertiary/aromatic N) is 2. The summed E-state index contributed by atoms with van der Waals surface area (Å²) in [5.41, 5.74) is 0.481. The maximum atomic E-state index is 13.0. The fraction of sp³-hybridized carbons (Fsp3) is 0.429. The molecule has 1 aromatic rings. The Morgan fingerprint density at radius 1 is 1.38 bits per heavy atom. The lowest BCUT2D eigenvalue weighted by Gasteiger charge is -2.29. The van der Waals surface area contributed by atoms with Crippen LogP contribution < -0.4 is 4.90 Å². The van der Waals surface area contributed by atoms with Gasteiger partial charge >= 0.3 is 12.0 Å². The van der Waals surface area contributed by atoms with Crippen LogP contribution in [-0.2, 0) is 4.79 Å². The zero-order valence-electron chi connectivity index (χ0n) is 11.6. The number of carboxylic acid groups (broad SMARTS) is 1. The lowest BCUT2D eigenvalue weighted by molar-refractivity contribution is -0.141. The van der Waals surface area contributed by atoms with Crippen LogP contribution in [0, 0.1) is 5.82 Å². The number of aliphatic hydroxyl groups is 1. The summed E-state index contributed by atoms with van der Waals surface area (Å²) in [7, 11) is 0. The van der Waals surface area contributed by atoms with Gasteiger partial charge < -0.3 is 15.1 Å². The monoisotopic (exact) mass is 296 g/mol. The summed E-state index contributed by atoms with van der Waals surface area (Å²) >= 11 is 0. The van der Waals surface area contributed by atoms with Crippen molar-refractivity contribution >= 4 is 17.7 Å². The minimum Gasteiger partial charge on any atom is -0.480 e. The SMILES string of the molecule is CCN(C(=O)N1C[C@H](O)C[C@H]1C(=O)O)c1ccc(F)cc1. The molecular formula is C14H17FN2O4. The van der Waals surface area contributed by atoms with Crippen molar-refractivity contribution in [3.05, 3.63) is 30.1 Å². The van der Waals surface area contributed by atoms with Gasteiger partial charge in [-0.3, -0.25) is 4.90 Å². The molecule has 1 heterocycles. The predicted molar refractivity (Wildman–Crippen MR) is 73.6 cm³/mol. The third-order valence-corrected chi connectivity index (χ3v) is 3.50. The van der Waals surface area contributed by atoms with Gasteiger partial charge in [-0.05, 0) is 31.2 Å². The zero-order chi connectivity index (χ0) is 15.6. The van der Waals surface area contributed by atoms with Crippen molar-refractivity contribution in [1.29, 1.82) is 0 Å². The van der Waals surface area contributed by atoms with E-state index in [1.165, 1.54) is 29.2 Å². The second-order valence-electron chi connectivity index (χ2n) is 4.90. The van der Waals surface area contributed by atoms with Crippen LogP contribution in [0.2, 0.25) is 0 Å². The molecule has 1 saturated heterocycles. The van der Waals surface area contributed by atoms with E-state index < -0.39 is 30.0 Å². The number of hydrogen-bond acceptors (Lipinski definition) is 3. The van der Waals surface area contributed by atoms with E-state index in [0.717, 1.165) is 4.90 Å². The third-order valence-electron chi connectivity index (χ3n) is 3.50. The van der Waals surface area contributed by atoms with Gasteiger partial charge in [0.25, 0.3) is 0 Å². The molecule has 0 aliphatic carbocycles. The number of carbonyl (C=O) groups excluding carboxylic acids is 1. The number of benzene rings is 1. The first kappa shape index (κ1) is 15.2. The minimum atomic E-state index is -1.14. The molecule has 114 valence electrons. The summed E-state index contributed by atoms with van der Waals surface area (Å²) < 4.78 is 13.0. The number of hydrogen-bond donors (Lipinski definition) is 2. The van der Waals surface area contributed by atoms with Gasteiger partial charge in [0.05, 0.1) is 6.10 Å². The first-order chi connectivity index (χ1) is 9.93. The highest BCUT2D eigenvalue weighted by molar-refractivity contribution is 5.94. The Hall–Kier alpha value is -2.15.